The monoisotopic (exact) mass is 442 g/mol. The predicted molar refractivity (Wildman–Crippen MR) is 121 cm³/mol. The van der Waals surface area contributed by atoms with Crippen molar-refractivity contribution in [1.82, 2.24) is 4.90 Å². The zero-order valence-electron chi connectivity index (χ0n) is 18.1. The molecule has 2 aromatic carbocycles. The molecule has 0 aromatic heterocycles. The first-order valence-corrected chi connectivity index (χ1v) is 11.2. The van der Waals surface area contributed by atoms with Crippen molar-refractivity contribution < 1.29 is 24.2 Å². The van der Waals surface area contributed by atoms with Crippen molar-refractivity contribution in [3.05, 3.63) is 66.0 Å². The van der Waals surface area contributed by atoms with Gasteiger partial charge in [-0.25, -0.2) is 4.39 Å². The minimum atomic E-state index is -0.928. The first-order chi connectivity index (χ1) is 15.4. The predicted octanol–water partition coefficient (Wildman–Crippen LogP) is 3.70. The molecule has 1 fully saturated rings. The van der Waals surface area contributed by atoms with E-state index in [4.69, 9.17) is 5.11 Å². The van der Waals surface area contributed by atoms with E-state index in [9.17, 15) is 19.1 Å². The maximum atomic E-state index is 13.3. The van der Waals surface area contributed by atoms with E-state index in [1.165, 1.54) is 12.1 Å². The molecular formula is C25H31FN2O4. The highest BCUT2D eigenvalue weighted by Gasteiger charge is 2.31. The Labute approximate surface area is 188 Å². The maximum absolute atomic E-state index is 13.3. The normalized spacial score (nSPS) is 20.9. The van der Waals surface area contributed by atoms with Gasteiger partial charge >= 0.3 is 5.97 Å². The van der Waals surface area contributed by atoms with Crippen LogP contribution in [0.5, 0.6) is 0 Å². The Kier molecular flexibility index (Phi) is 8.62. The van der Waals surface area contributed by atoms with Gasteiger partial charge in [-0.2, -0.15) is 0 Å². The lowest BCUT2D eigenvalue weighted by Crippen LogP contribution is -2.39. The molecule has 1 amide bonds. The van der Waals surface area contributed by atoms with E-state index in [1.54, 1.807) is 17.0 Å². The molecule has 1 saturated carbocycles. The van der Waals surface area contributed by atoms with Crippen LogP contribution in [0.25, 0.3) is 0 Å². The third kappa shape index (κ3) is 7.05. The Bertz CT molecular complexity index is 875. The molecule has 172 valence electrons. The Balaban J connectivity index is 1.61. The van der Waals surface area contributed by atoms with E-state index in [1.807, 2.05) is 30.3 Å². The summed E-state index contributed by atoms with van der Waals surface area (Å²) in [5.41, 5.74) is 1.83. The van der Waals surface area contributed by atoms with Gasteiger partial charge in [0.15, 0.2) is 0 Å². The molecule has 3 atom stereocenters. The molecule has 2 aromatic rings. The Morgan fingerprint density at radius 3 is 2.34 bits per heavy atom. The third-order valence-electron chi connectivity index (χ3n) is 6.07. The number of carbonyl (C=O) groups excluding carboxylic acids is 1. The molecule has 1 aliphatic rings. The number of aliphatic hydroxyl groups is 1. The third-order valence-corrected chi connectivity index (χ3v) is 6.07. The van der Waals surface area contributed by atoms with Crippen LogP contribution in [-0.4, -0.2) is 52.2 Å². The van der Waals surface area contributed by atoms with Crippen LogP contribution in [0.1, 0.15) is 37.7 Å². The van der Waals surface area contributed by atoms with E-state index >= 15 is 0 Å². The molecule has 3 N–H and O–H groups in total. The number of nitrogens with one attached hydrogen (secondary N) is 1. The Morgan fingerprint density at radius 2 is 1.66 bits per heavy atom. The van der Waals surface area contributed by atoms with E-state index in [0.29, 0.717) is 38.6 Å². The van der Waals surface area contributed by atoms with Gasteiger partial charge in [0.1, 0.15) is 5.82 Å². The second-order valence-corrected chi connectivity index (χ2v) is 8.38. The summed E-state index contributed by atoms with van der Waals surface area (Å²) < 4.78 is 13.2. The van der Waals surface area contributed by atoms with Gasteiger partial charge in [-0.15, -0.1) is 0 Å². The maximum Gasteiger partial charge on any atom is 0.305 e. The Morgan fingerprint density at radius 1 is 0.969 bits per heavy atom. The van der Waals surface area contributed by atoms with Crippen molar-refractivity contribution in [3.63, 3.8) is 0 Å². The van der Waals surface area contributed by atoms with Gasteiger partial charge in [0.2, 0.25) is 5.91 Å². The molecule has 0 spiro atoms. The number of carboxylic acids is 1. The van der Waals surface area contributed by atoms with Crippen molar-refractivity contribution in [1.29, 1.82) is 0 Å². The van der Waals surface area contributed by atoms with Gasteiger partial charge in [0.25, 0.3) is 0 Å². The second kappa shape index (κ2) is 11.6. The van der Waals surface area contributed by atoms with Crippen LogP contribution >= 0.6 is 0 Å². The van der Waals surface area contributed by atoms with E-state index in [2.05, 4.69) is 5.32 Å². The molecule has 1 aliphatic carbocycles. The van der Waals surface area contributed by atoms with Crippen molar-refractivity contribution in [2.45, 2.75) is 50.7 Å². The first kappa shape index (κ1) is 23.7. The molecule has 0 heterocycles. The number of benzene rings is 2. The van der Waals surface area contributed by atoms with E-state index in [0.717, 1.165) is 11.3 Å². The van der Waals surface area contributed by atoms with E-state index < -0.39 is 12.1 Å². The number of halogens is 1. The van der Waals surface area contributed by atoms with Crippen molar-refractivity contribution in [3.8, 4) is 0 Å². The smallest absolute Gasteiger partial charge is 0.305 e. The molecule has 7 heteroatoms. The molecule has 6 nitrogen and oxygen atoms in total. The summed E-state index contributed by atoms with van der Waals surface area (Å²) >= 11 is 0. The molecule has 0 radical (unpaired) electrons. The lowest BCUT2D eigenvalue weighted by atomic mass is 9.98. The zero-order valence-corrected chi connectivity index (χ0v) is 18.1. The van der Waals surface area contributed by atoms with Crippen molar-refractivity contribution in [2.75, 3.05) is 18.4 Å². The van der Waals surface area contributed by atoms with Crippen molar-refractivity contribution in [2.24, 2.45) is 5.92 Å². The summed E-state index contributed by atoms with van der Waals surface area (Å²) in [5.74, 6) is -1.55. The number of anilines is 1. The van der Waals surface area contributed by atoms with Gasteiger partial charge in [-0.3, -0.25) is 9.59 Å². The highest BCUT2D eigenvalue weighted by Crippen LogP contribution is 2.28. The number of aliphatic hydroxyl groups excluding tert-OH is 1. The fourth-order valence-electron chi connectivity index (χ4n) is 4.20. The molecule has 0 saturated heterocycles. The van der Waals surface area contributed by atoms with Gasteiger partial charge in [-0.1, -0.05) is 30.3 Å². The molecule has 3 rings (SSSR count). The fourth-order valence-corrected chi connectivity index (χ4v) is 4.20. The molecule has 0 aliphatic heterocycles. The van der Waals surface area contributed by atoms with Crippen LogP contribution < -0.4 is 5.32 Å². The fraction of sp³-hybridized carbons (Fsp3) is 0.440. The number of amides is 1. The average Bonchev–Trinajstić information content (AvgIpc) is 2.97. The lowest BCUT2D eigenvalue weighted by Gasteiger charge is -2.27. The summed E-state index contributed by atoms with van der Waals surface area (Å²) in [7, 11) is 0. The van der Waals surface area contributed by atoms with Crippen LogP contribution in [0.2, 0.25) is 0 Å². The van der Waals surface area contributed by atoms with E-state index in [-0.39, 0.29) is 36.6 Å². The Hall–Kier alpha value is -2.93. The van der Waals surface area contributed by atoms with Crippen LogP contribution in [0, 0.1) is 11.7 Å². The number of nitrogens with zero attached hydrogens (tertiary/aromatic N) is 1. The average molecular weight is 443 g/mol. The minimum absolute atomic E-state index is 0.0446. The first-order valence-electron chi connectivity index (χ1n) is 11.2. The van der Waals surface area contributed by atoms with Gasteiger partial charge in [-0.05, 0) is 61.9 Å². The topological polar surface area (TPSA) is 89.9 Å². The summed E-state index contributed by atoms with van der Waals surface area (Å²) in [4.78, 5) is 26.1. The van der Waals surface area contributed by atoms with Crippen LogP contribution in [-0.2, 0) is 16.0 Å². The highest BCUT2D eigenvalue weighted by atomic mass is 19.1. The van der Waals surface area contributed by atoms with Crippen LogP contribution in [0.3, 0.4) is 0 Å². The zero-order chi connectivity index (χ0) is 22.9. The quantitative estimate of drug-likeness (QED) is 0.515. The number of aliphatic carboxylic acids is 1. The van der Waals surface area contributed by atoms with Crippen LogP contribution in [0.4, 0.5) is 10.1 Å². The second-order valence-electron chi connectivity index (χ2n) is 8.38. The molecule has 0 bridgehead atoms. The molecular weight excluding hydrogens is 411 g/mol. The van der Waals surface area contributed by atoms with Gasteiger partial charge in [0, 0.05) is 24.7 Å². The largest absolute Gasteiger partial charge is 0.481 e. The van der Waals surface area contributed by atoms with Crippen LogP contribution in [0.15, 0.2) is 54.6 Å². The SMILES string of the molecule is O=C(O)CCN(CCc1ccccc1)C(=O)[C@@H]1CC[C@H](Nc2ccc(F)cc2)[C@@H](O)CC1. The molecule has 0 unspecified atom stereocenters. The number of carbonyl (C=O) groups is 2. The summed E-state index contributed by atoms with van der Waals surface area (Å²) in [5, 5.41) is 23.0. The lowest BCUT2D eigenvalue weighted by molar-refractivity contribution is -0.140. The highest BCUT2D eigenvalue weighted by molar-refractivity contribution is 5.79. The molecule has 32 heavy (non-hydrogen) atoms. The standard InChI is InChI=1S/C25H31FN2O4/c26-20-8-10-21(11-9-20)27-22-12-6-19(7-13-23(22)29)25(32)28(17-15-24(30)31)16-14-18-4-2-1-3-5-18/h1-5,8-11,19,22-23,27,29H,6-7,12-17H2,(H,30,31)/t19-,22+,23+/m1/s1. The van der Waals surface area contributed by atoms with Crippen molar-refractivity contribution >= 4 is 17.6 Å². The summed E-state index contributed by atoms with van der Waals surface area (Å²) in [6.07, 6.45) is 2.18. The summed E-state index contributed by atoms with van der Waals surface area (Å²) in [6.45, 7) is 0.643. The number of carboxylic acid groups (broad SMARTS) is 1. The number of hydrogen-bond acceptors (Lipinski definition) is 4. The van der Waals surface area contributed by atoms with Gasteiger partial charge in [0.05, 0.1) is 18.6 Å². The van der Waals surface area contributed by atoms with Gasteiger partial charge < -0.3 is 20.4 Å². The minimum Gasteiger partial charge on any atom is -0.481 e. The number of rotatable bonds is 9. The number of hydrogen-bond donors (Lipinski definition) is 3. The summed E-state index contributed by atoms with van der Waals surface area (Å²) in [6, 6.07) is 15.6.